The first kappa shape index (κ1) is 17.6. The molecule has 1 aromatic carbocycles. The summed E-state index contributed by atoms with van der Waals surface area (Å²) in [4.78, 5) is 11.9. The Balaban J connectivity index is 1.89. The molecule has 4 nitrogen and oxygen atoms in total. The summed E-state index contributed by atoms with van der Waals surface area (Å²) in [6, 6.07) is 4.73. The number of carbonyl (C=O) groups excluding carboxylic acids is 1. The summed E-state index contributed by atoms with van der Waals surface area (Å²) in [5.74, 6) is 0. The standard InChI is InChI=1S/C16H21F3N2O2/c1-11(20-15(22)21-13-6-8-23-9-7-13)10-12-4-2-3-5-14(12)16(17,18)19/h2-5,11,13H,6-10H2,1H3,(H2,20,21,22). The lowest BCUT2D eigenvalue weighted by Gasteiger charge is -2.24. The van der Waals surface area contributed by atoms with Crippen molar-refractivity contribution in [3.63, 3.8) is 0 Å². The zero-order chi connectivity index (χ0) is 16.9. The summed E-state index contributed by atoms with van der Waals surface area (Å²) in [6.07, 6.45) is -2.77. The first-order chi connectivity index (χ1) is 10.9. The topological polar surface area (TPSA) is 50.4 Å². The minimum Gasteiger partial charge on any atom is -0.381 e. The number of carbonyl (C=O) groups is 1. The van der Waals surface area contributed by atoms with Crippen LogP contribution in [0.5, 0.6) is 0 Å². The van der Waals surface area contributed by atoms with E-state index in [0.717, 1.165) is 18.9 Å². The third kappa shape index (κ3) is 5.42. The quantitative estimate of drug-likeness (QED) is 0.891. The maximum Gasteiger partial charge on any atom is 0.416 e. The number of urea groups is 1. The molecule has 0 aliphatic carbocycles. The second-order valence-electron chi connectivity index (χ2n) is 5.76. The number of hydrogen-bond acceptors (Lipinski definition) is 2. The molecule has 0 radical (unpaired) electrons. The normalized spacial score (nSPS) is 17.6. The van der Waals surface area contributed by atoms with Gasteiger partial charge in [0.25, 0.3) is 0 Å². The Morgan fingerprint density at radius 3 is 2.61 bits per heavy atom. The molecular formula is C16H21F3N2O2. The highest BCUT2D eigenvalue weighted by atomic mass is 19.4. The molecule has 2 amide bonds. The van der Waals surface area contributed by atoms with Gasteiger partial charge in [0, 0.05) is 25.3 Å². The molecular weight excluding hydrogens is 309 g/mol. The van der Waals surface area contributed by atoms with Crippen molar-refractivity contribution in [3.05, 3.63) is 35.4 Å². The second-order valence-corrected chi connectivity index (χ2v) is 5.76. The predicted octanol–water partition coefficient (Wildman–Crippen LogP) is 3.11. The molecule has 2 rings (SSSR count). The second kappa shape index (κ2) is 7.68. The first-order valence-corrected chi connectivity index (χ1v) is 7.66. The van der Waals surface area contributed by atoms with Gasteiger partial charge >= 0.3 is 12.2 Å². The van der Waals surface area contributed by atoms with E-state index in [2.05, 4.69) is 10.6 Å². The lowest BCUT2D eigenvalue weighted by molar-refractivity contribution is -0.138. The highest BCUT2D eigenvalue weighted by molar-refractivity contribution is 5.74. The van der Waals surface area contributed by atoms with E-state index in [-0.39, 0.29) is 24.1 Å². The molecule has 1 aliphatic heterocycles. The number of nitrogens with one attached hydrogen (secondary N) is 2. The van der Waals surface area contributed by atoms with E-state index in [4.69, 9.17) is 4.74 Å². The van der Waals surface area contributed by atoms with Gasteiger partial charge in [0.1, 0.15) is 0 Å². The minimum absolute atomic E-state index is 0.0541. The molecule has 1 unspecified atom stereocenters. The predicted molar refractivity (Wildman–Crippen MR) is 80.1 cm³/mol. The maximum absolute atomic E-state index is 13.0. The van der Waals surface area contributed by atoms with Crippen molar-refractivity contribution < 1.29 is 22.7 Å². The van der Waals surface area contributed by atoms with Crippen LogP contribution in [0.1, 0.15) is 30.9 Å². The highest BCUT2D eigenvalue weighted by Crippen LogP contribution is 2.32. The average Bonchev–Trinajstić information content (AvgIpc) is 2.47. The molecule has 1 atom stereocenters. The molecule has 7 heteroatoms. The molecule has 2 N–H and O–H groups in total. The molecule has 128 valence electrons. The van der Waals surface area contributed by atoms with Crippen LogP contribution in [0.3, 0.4) is 0 Å². The smallest absolute Gasteiger partial charge is 0.381 e. The van der Waals surface area contributed by atoms with E-state index in [9.17, 15) is 18.0 Å². The molecule has 1 saturated heterocycles. The van der Waals surface area contributed by atoms with Crippen molar-refractivity contribution in [2.75, 3.05) is 13.2 Å². The Morgan fingerprint density at radius 2 is 1.96 bits per heavy atom. The maximum atomic E-state index is 13.0. The number of amides is 2. The van der Waals surface area contributed by atoms with Gasteiger partial charge in [0.15, 0.2) is 0 Å². The highest BCUT2D eigenvalue weighted by Gasteiger charge is 2.33. The Hall–Kier alpha value is -1.76. The van der Waals surface area contributed by atoms with Crippen LogP contribution >= 0.6 is 0 Å². The molecule has 0 bridgehead atoms. The van der Waals surface area contributed by atoms with Gasteiger partial charge in [-0.15, -0.1) is 0 Å². The summed E-state index contributed by atoms with van der Waals surface area (Å²) in [7, 11) is 0. The summed E-state index contributed by atoms with van der Waals surface area (Å²) >= 11 is 0. The molecule has 1 aromatic rings. The van der Waals surface area contributed by atoms with Crippen molar-refractivity contribution in [1.29, 1.82) is 0 Å². The van der Waals surface area contributed by atoms with Gasteiger partial charge in [-0.1, -0.05) is 18.2 Å². The van der Waals surface area contributed by atoms with Crippen molar-refractivity contribution in [2.45, 2.75) is 44.4 Å². The van der Waals surface area contributed by atoms with E-state index in [0.29, 0.717) is 13.2 Å². The Bertz CT molecular complexity index is 528. The van der Waals surface area contributed by atoms with Crippen LogP contribution in [-0.4, -0.2) is 31.3 Å². The number of hydrogen-bond donors (Lipinski definition) is 2. The van der Waals surface area contributed by atoms with E-state index >= 15 is 0 Å². The van der Waals surface area contributed by atoms with Gasteiger partial charge in [-0.05, 0) is 37.8 Å². The molecule has 0 aromatic heterocycles. The SMILES string of the molecule is CC(Cc1ccccc1C(F)(F)F)NC(=O)NC1CCOCC1. The van der Waals surface area contributed by atoms with Crippen LogP contribution in [0.2, 0.25) is 0 Å². The summed E-state index contributed by atoms with van der Waals surface area (Å²) < 4.78 is 44.1. The number of ether oxygens (including phenoxy) is 1. The lowest BCUT2D eigenvalue weighted by Crippen LogP contribution is -2.47. The van der Waals surface area contributed by atoms with Gasteiger partial charge in [-0.25, -0.2) is 4.79 Å². The van der Waals surface area contributed by atoms with Crippen LogP contribution in [-0.2, 0) is 17.3 Å². The molecule has 1 aliphatic rings. The summed E-state index contributed by atoms with van der Waals surface area (Å²) in [6.45, 7) is 2.91. The van der Waals surface area contributed by atoms with E-state index in [1.54, 1.807) is 13.0 Å². The molecule has 1 heterocycles. The fourth-order valence-electron chi connectivity index (χ4n) is 2.65. The lowest BCUT2D eigenvalue weighted by atomic mass is 10.0. The first-order valence-electron chi connectivity index (χ1n) is 7.66. The van der Waals surface area contributed by atoms with Gasteiger partial charge in [-0.3, -0.25) is 0 Å². The fourth-order valence-corrected chi connectivity index (χ4v) is 2.65. The van der Waals surface area contributed by atoms with Crippen molar-refractivity contribution >= 4 is 6.03 Å². The van der Waals surface area contributed by atoms with E-state index < -0.39 is 17.8 Å². The van der Waals surface area contributed by atoms with Crippen LogP contribution in [0.15, 0.2) is 24.3 Å². The number of halogens is 3. The number of alkyl halides is 3. The van der Waals surface area contributed by atoms with Crippen molar-refractivity contribution in [1.82, 2.24) is 10.6 Å². The third-order valence-corrected chi connectivity index (χ3v) is 3.78. The van der Waals surface area contributed by atoms with Crippen LogP contribution in [0.25, 0.3) is 0 Å². The van der Waals surface area contributed by atoms with Gasteiger partial charge in [0.2, 0.25) is 0 Å². The largest absolute Gasteiger partial charge is 0.416 e. The van der Waals surface area contributed by atoms with Crippen molar-refractivity contribution in [3.8, 4) is 0 Å². The summed E-state index contributed by atoms with van der Waals surface area (Å²) in [5, 5.41) is 5.52. The van der Waals surface area contributed by atoms with E-state index in [1.807, 2.05) is 0 Å². The fraction of sp³-hybridized carbons (Fsp3) is 0.562. The minimum atomic E-state index is -4.39. The number of rotatable bonds is 4. The average molecular weight is 330 g/mol. The monoisotopic (exact) mass is 330 g/mol. The van der Waals surface area contributed by atoms with Crippen LogP contribution in [0, 0.1) is 0 Å². The zero-order valence-electron chi connectivity index (χ0n) is 13.0. The zero-order valence-corrected chi connectivity index (χ0v) is 13.0. The van der Waals surface area contributed by atoms with E-state index in [1.165, 1.54) is 12.1 Å². The van der Waals surface area contributed by atoms with Crippen LogP contribution in [0.4, 0.5) is 18.0 Å². The summed E-state index contributed by atoms with van der Waals surface area (Å²) in [5.41, 5.74) is -0.475. The Morgan fingerprint density at radius 1 is 1.30 bits per heavy atom. The molecule has 0 saturated carbocycles. The molecule has 23 heavy (non-hydrogen) atoms. The van der Waals surface area contributed by atoms with Crippen LogP contribution < -0.4 is 10.6 Å². The van der Waals surface area contributed by atoms with Crippen molar-refractivity contribution in [2.24, 2.45) is 0 Å². The molecule has 1 fully saturated rings. The van der Waals surface area contributed by atoms with Gasteiger partial charge in [0.05, 0.1) is 5.56 Å². The molecule has 0 spiro atoms. The van der Waals surface area contributed by atoms with Gasteiger partial charge in [-0.2, -0.15) is 13.2 Å². The Kier molecular flexibility index (Phi) is 5.87. The number of benzene rings is 1. The third-order valence-electron chi connectivity index (χ3n) is 3.78. The van der Waals surface area contributed by atoms with Gasteiger partial charge < -0.3 is 15.4 Å². The Labute approximate surface area is 133 Å².